The maximum absolute atomic E-state index is 4.21. The zero-order chi connectivity index (χ0) is 12.3. The maximum atomic E-state index is 4.21. The van der Waals surface area contributed by atoms with E-state index in [2.05, 4.69) is 51.4 Å². The molecule has 0 atom stereocenters. The second-order valence-corrected chi connectivity index (χ2v) is 6.02. The van der Waals surface area contributed by atoms with Gasteiger partial charge in [0.1, 0.15) is 10.0 Å². The molecule has 2 rings (SSSR count). The lowest BCUT2D eigenvalue weighted by Gasteiger charge is -2.03. The van der Waals surface area contributed by atoms with Crippen LogP contribution in [0.4, 0.5) is 0 Å². The summed E-state index contributed by atoms with van der Waals surface area (Å²) in [4.78, 5) is 0. The fourth-order valence-electron chi connectivity index (χ4n) is 1.35. The van der Waals surface area contributed by atoms with E-state index in [1.807, 2.05) is 18.2 Å². The third kappa shape index (κ3) is 3.59. The van der Waals surface area contributed by atoms with Gasteiger partial charge >= 0.3 is 0 Å². The summed E-state index contributed by atoms with van der Waals surface area (Å²) in [5.74, 6) is 0. The summed E-state index contributed by atoms with van der Waals surface area (Å²) < 4.78 is 1.06. The van der Waals surface area contributed by atoms with Crippen molar-refractivity contribution in [3.63, 3.8) is 0 Å². The normalized spacial score (nSPS) is 11.1. The van der Waals surface area contributed by atoms with Crippen LogP contribution in [0.5, 0.6) is 0 Å². The molecule has 2 aromatic rings. The molecular formula is C12H14BrN3S. The Bertz CT molecular complexity index is 496. The largest absolute Gasteiger partial charge is 0.308 e. The highest BCUT2D eigenvalue weighted by molar-refractivity contribution is 9.10. The molecule has 0 amide bonds. The van der Waals surface area contributed by atoms with Crippen molar-refractivity contribution in [1.82, 2.24) is 15.5 Å². The van der Waals surface area contributed by atoms with Crippen molar-refractivity contribution in [1.29, 1.82) is 0 Å². The third-order valence-corrected chi connectivity index (χ3v) is 3.67. The Balaban J connectivity index is 2.12. The first kappa shape index (κ1) is 12.7. The Morgan fingerprint density at radius 2 is 2.18 bits per heavy atom. The molecule has 0 spiro atoms. The monoisotopic (exact) mass is 311 g/mol. The molecule has 5 heteroatoms. The van der Waals surface area contributed by atoms with E-state index in [9.17, 15) is 0 Å². The summed E-state index contributed by atoms with van der Waals surface area (Å²) in [5.41, 5.74) is 1.10. The van der Waals surface area contributed by atoms with Gasteiger partial charge in [-0.2, -0.15) is 0 Å². The summed E-state index contributed by atoms with van der Waals surface area (Å²) in [7, 11) is 0. The van der Waals surface area contributed by atoms with Crippen LogP contribution in [-0.4, -0.2) is 16.2 Å². The maximum Gasteiger partial charge on any atom is 0.147 e. The predicted octanol–water partition coefficient (Wildman–Crippen LogP) is 3.47. The second kappa shape index (κ2) is 5.71. The van der Waals surface area contributed by atoms with Crippen LogP contribution in [0.3, 0.4) is 0 Å². The Labute approximate surface area is 113 Å². The summed E-state index contributed by atoms with van der Waals surface area (Å²) in [6, 6.07) is 8.58. The van der Waals surface area contributed by atoms with Crippen molar-refractivity contribution in [3.05, 3.63) is 33.7 Å². The van der Waals surface area contributed by atoms with E-state index in [0.717, 1.165) is 26.6 Å². The van der Waals surface area contributed by atoms with Crippen LogP contribution >= 0.6 is 27.3 Å². The lowest BCUT2D eigenvalue weighted by atomic mass is 10.2. The van der Waals surface area contributed by atoms with Crippen molar-refractivity contribution in [2.24, 2.45) is 0 Å². The molecule has 1 heterocycles. The first-order valence-electron chi connectivity index (χ1n) is 5.47. The molecule has 0 aliphatic heterocycles. The van der Waals surface area contributed by atoms with E-state index in [4.69, 9.17) is 0 Å². The van der Waals surface area contributed by atoms with Crippen LogP contribution in [0.1, 0.15) is 18.9 Å². The first-order chi connectivity index (χ1) is 8.15. The third-order valence-electron chi connectivity index (χ3n) is 2.20. The number of hydrogen-bond donors (Lipinski definition) is 1. The molecule has 3 nitrogen and oxygen atoms in total. The molecule has 0 fully saturated rings. The molecule has 0 aliphatic rings. The van der Waals surface area contributed by atoms with Gasteiger partial charge in [-0.15, -0.1) is 10.2 Å². The van der Waals surface area contributed by atoms with E-state index in [0.29, 0.717) is 6.04 Å². The molecule has 17 heavy (non-hydrogen) atoms. The first-order valence-corrected chi connectivity index (χ1v) is 7.08. The Morgan fingerprint density at radius 3 is 2.88 bits per heavy atom. The van der Waals surface area contributed by atoms with Gasteiger partial charge in [0.2, 0.25) is 0 Å². The van der Waals surface area contributed by atoms with E-state index >= 15 is 0 Å². The fourth-order valence-corrected chi connectivity index (χ4v) is 2.54. The molecule has 0 saturated carbocycles. The summed E-state index contributed by atoms with van der Waals surface area (Å²) in [6.07, 6.45) is 0. The predicted molar refractivity (Wildman–Crippen MR) is 75.0 cm³/mol. The van der Waals surface area contributed by atoms with Crippen molar-refractivity contribution in [2.75, 3.05) is 0 Å². The van der Waals surface area contributed by atoms with Gasteiger partial charge in [-0.05, 0) is 12.1 Å². The molecule has 0 aliphatic carbocycles. The number of aromatic nitrogens is 2. The molecule has 1 aromatic carbocycles. The van der Waals surface area contributed by atoms with E-state index in [-0.39, 0.29) is 0 Å². The smallest absolute Gasteiger partial charge is 0.147 e. The van der Waals surface area contributed by atoms with Crippen molar-refractivity contribution >= 4 is 27.3 Å². The molecule has 90 valence electrons. The SMILES string of the molecule is CC(C)NCc1nnc(-c2cccc(Br)c2)s1. The van der Waals surface area contributed by atoms with Crippen LogP contribution in [0, 0.1) is 0 Å². The molecule has 0 saturated heterocycles. The molecule has 0 bridgehead atoms. The average Bonchev–Trinajstić information content (AvgIpc) is 2.75. The number of benzene rings is 1. The van der Waals surface area contributed by atoms with Crippen LogP contribution in [0.15, 0.2) is 28.7 Å². The second-order valence-electron chi connectivity index (χ2n) is 4.05. The van der Waals surface area contributed by atoms with Crippen molar-refractivity contribution in [3.8, 4) is 10.6 Å². The number of halogens is 1. The Kier molecular flexibility index (Phi) is 4.25. The molecule has 0 unspecified atom stereocenters. The van der Waals surface area contributed by atoms with Crippen molar-refractivity contribution < 1.29 is 0 Å². The Hall–Kier alpha value is -0.780. The Morgan fingerprint density at radius 1 is 1.35 bits per heavy atom. The lowest BCUT2D eigenvalue weighted by molar-refractivity contribution is 0.585. The number of nitrogens with one attached hydrogen (secondary N) is 1. The van der Waals surface area contributed by atoms with Crippen LogP contribution in [0.25, 0.3) is 10.6 Å². The minimum absolute atomic E-state index is 0.466. The van der Waals surface area contributed by atoms with E-state index in [1.54, 1.807) is 11.3 Å². The van der Waals surface area contributed by atoms with Crippen molar-refractivity contribution in [2.45, 2.75) is 26.4 Å². The average molecular weight is 312 g/mol. The van der Waals surface area contributed by atoms with Gasteiger partial charge in [0.05, 0.1) is 0 Å². The standard InChI is InChI=1S/C12H14BrN3S/c1-8(2)14-7-11-15-16-12(17-11)9-4-3-5-10(13)6-9/h3-6,8,14H,7H2,1-2H3. The topological polar surface area (TPSA) is 37.8 Å². The fraction of sp³-hybridized carbons (Fsp3) is 0.333. The summed E-state index contributed by atoms with van der Waals surface area (Å²) in [6.45, 7) is 5.02. The van der Waals surface area contributed by atoms with Gasteiger partial charge in [0, 0.05) is 22.6 Å². The number of rotatable bonds is 4. The quantitative estimate of drug-likeness (QED) is 0.939. The summed E-state index contributed by atoms with van der Waals surface area (Å²) in [5, 5.41) is 13.7. The van der Waals surface area contributed by atoms with E-state index < -0.39 is 0 Å². The highest BCUT2D eigenvalue weighted by Crippen LogP contribution is 2.25. The van der Waals surface area contributed by atoms with Crippen LogP contribution < -0.4 is 5.32 Å². The number of hydrogen-bond acceptors (Lipinski definition) is 4. The van der Waals surface area contributed by atoms with Crippen LogP contribution in [0.2, 0.25) is 0 Å². The molecule has 1 N–H and O–H groups in total. The molecule has 0 radical (unpaired) electrons. The zero-order valence-corrected chi connectivity index (χ0v) is 12.2. The zero-order valence-electron chi connectivity index (χ0n) is 9.77. The van der Waals surface area contributed by atoms with Gasteiger partial charge < -0.3 is 5.32 Å². The van der Waals surface area contributed by atoms with Gasteiger partial charge in [-0.25, -0.2) is 0 Å². The van der Waals surface area contributed by atoms with Gasteiger partial charge in [-0.1, -0.05) is 53.2 Å². The molecular weight excluding hydrogens is 298 g/mol. The summed E-state index contributed by atoms with van der Waals surface area (Å²) >= 11 is 5.09. The highest BCUT2D eigenvalue weighted by Gasteiger charge is 2.07. The lowest BCUT2D eigenvalue weighted by Crippen LogP contribution is -2.21. The number of nitrogens with zero attached hydrogens (tertiary/aromatic N) is 2. The highest BCUT2D eigenvalue weighted by atomic mass is 79.9. The van der Waals surface area contributed by atoms with Gasteiger partial charge in [-0.3, -0.25) is 0 Å². The van der Waals surface area contributed by atoms with Gasteiger partial charge in [0.15, 0.2) is 0 Å². The minimum atomic E-state index is 0.466. The minimum Gasteiger partial charge on any atom is -0.308 e. The van der Waals surface area contributed by atoms with Crippen LogP contribution in [-0.2, 0) is 6.54 Å². The molecule has 1 aromatic heterocycles. The van der Waals surface area contributed by atoms with E-state index in [1.165, 1.54) is 0 Å². The van der Waals surface area contributed by atoms with Gasteiger partial charge in [0.25, 0.3) is 0 Å².